The van der Waals surface area contributed by atoms with Crippen LogP contribution in [0.3, 0.4) is 0 Å². The van der Waals surface area contributed by atoms with Gasteiger partial charge in [-0.2, -0.15) is 0 Å². The quantitative estimate of drug-likeness (QED) is 0.843. The molecule has 1 aliphatic rings. The van der Waals surface area contributed by atoms with Gasteiger partial charge < -0.3 is 14.8 Å². The van der Waals surface area contributed by atoms with Crippen LogP contribution in [0.1, 0.15) is 28.2 Å². The fraction of sp³-hybridized carbons (Fsp3) is 0.500. The lowest BCUT2D eigenvalue weighted by atomic mass is 10.1. The second-order valence-corrected chi connectivity index (χ2v) is 7.08. The molecule has 1 N–H and O–H groups in total. The van der Waals surface area contributed by atoms with Crippen LogP contribution < -0.4 is 10.1 Å². The van der Waals surface area contributed by atoms with Gasteiger partial charge in [0.2, 0.25) is 0 Å². The molecule has 1 fully saturated rings. The standard InChI is InChI=1S/C18H24N2O2S/c1-13-3-4-16(8-19-9-18-20-14(2)12-23-18)17(7-13)22-11-15-5-6-21-10-15/h3-4,7,12,15,19H,5-6,8-11H2,1-2H3/t15-/m1/s1. The molecule has 23 heavy (non-hydrogen) atoms. The number of rotatable bonds is 7. The molecule has 2 aromatic rings. The first-order chi connectivity index (χ1) is 11.2. The molecule has 4 nitrogen and oxygen atoms in total. The van der Waals surface area contributed by atoms with Crippen LogP contribution in [-0.2, 0) is 17.8 Å². The van der Waals surface area contributed by atoms with Crippen LogP contribution in [0.2, 0.25) is 0 Å². The lowest BCUT2D eigenvalue weighted by Crippen LogP contribution is -2.16. The van der Waals surface area contributed by atoms with Crippen molar-refractivity contribution < 1.29 is 9.47 Å². The molecule has 0 saturated carbocycles. The first kappa shape index (κ1) is 16.4. The molecule has 0 amide bonds. The van der Waals surface area contributed by atoms with Gasteiger partial charge in [-0.05, 0) is 31.9 Å². The Morgan fingerprint density at radius 2 is 2.26 bits per heavy atom. The lowest BCUT2D eigenvalue weighted by Gasteiger charge is -2.15. The molecule has 124 valence electrons. The summed E-state index contributed by atoms with van der Waals surface area (Å²) in [6.45, 7) is 8.13. The maximum atomic E-state index is 6.08. The summed E-state index contributed by atoms with van der Waals surface area (Å²) in [6.07, 6.45) is 1.10. The van der Waals surface area contributed by atoms with E-state index in [-0.39, 0.29) is 0 Å². The Labute approximate surface area is 141 Å². The second kappa shape index (κ2) is 7.90. The topological polar surface area (TPSA) is 43.4 Å². The van der Waals surface area contributed by atoms with E-state index in [0.717, 1.165) is 55.8 Å². The van der Waals surface area contributed by atoms with Gasteiger partial charge >= 0.3 is 0 Å². The average Bonchev–Trinajstić information content (AvgIpc) is 3.19. The summed E-state index contributed by atoms with van der Waals surface area (Å²) in [6, 6.07) is 6.41. The molecular formula is C18H24N2O2S. The molecule has 1 aromatic heterocycles. The molecular weight excluding hydrogens is 308 g/mol. The first-order valence-electron chi connectivity index (χ1n) is 8.12. The Morgan fingerprint density at radius 1 is 1.35 bits per heavy atom. The van der Waals surface area contributed by atoms with E-state index in [1.165, 1.54) is 11.1 Å². The van der Waals surface area contributed by atoms with Crippen LogP contribution >= 0.6 is 11.3 Å². The third-order valence-corrected chi connectivity index (χ3v) is 4.95. The molecule has 0 unspecified atom stereocenters. The van der Waals surface area contributed by atoms with E-state index in [9.17, 15) is 0 Å². The van der Waals surface area contributed by atoms with Crippen molar-refractivity contribution in [2.75, 3.05) is 19.8 Å². The lowest BCUT2D eigenvalue weighted by molar-refractivity contribution is 0.166. The van der Waals surface area contributed by atoms with Crippen molar-refractivity contribution in [3.05, 3.63) is 45.4 Å². The molecule has 0 bridgehead atoms. The molecule has 1 aromatic carbocycles. The van der Waals surface area contributed by atoms with Gasteiger partial charge in [0, 0.05) is 42.3 Å². The number of aryl methyl sites for hydroxylation is 2. The number of nitrogens with one attached hydrogen (secondary N) is 1. The van der Waals surface area contributed by atoms with E-state index < -0.39 is 0 Å². The first-order valence-corrected chi connectivity index (χ1v) is 9.00. The Balaban J connectivity index is 1.56. The van der Waals surface area contributed by atoms with E-state index in [2.05, 4.69) is 40.8 Å². The molecule has 1 aliphatic heterocycles. The number of hydrogen-bond donors (Lipinski definition) is 1. The average molecular weight is 332 g/mol. The number of ether oxygens (including phenoxy) is 2. The number of nitrogens with zero attached hydrogens (tertiary/aromatic N) is 1. The summed E-state index contributed by atoms with van der Waals surface area (Å²) in [5, 5.41) is 6.67. The Morgan fingerprint density at radius 3 is 3.00 bits per heavy atom. The van der Waals surface area contributed by atoms with Crippen LogP contribution in [0.4, 0.5) is 0 Å². The predicted molar refractivity (Wildman–Crippen MR) is 93.0 cm³/mol. The largest absolute Gasteiger partial charge is 0.493 e. The van der Waals surface area contributed by atoms with Crippen LogP contribution in [0.15, 0.2) is 23.6 Å². The van der Waals surface area contributed by atoms with Crippen molar-refractivity contribution >= 4 is 11.3 Å². The van der Waals surface area contributed by atoms with Crippen LogP contribution in [-0.4, -0.2) is 24.8 Å². The molecule has 1 atom stereocenters. The zero-order chi connectivity index (χ0) is 16.1. The SMILES string of the molecule is Cc1ccc(CNCc2nc(C)cs2)c(OC[C@@H]2CCOC2)c1. The van der Waals surface area contributed by atoms with Crippen LogP contribution in [0.25, 0.3) is 0 Å². The van der Waals surface area contributed by atoms with Crippen LogP contribution in [0, 0.1) is 19.8 Å². The van der Waals surface area contributed by atoms with Gasteiger partial charge in [-0.15, -0.1) is 11.3 Å². The second-order valence-electron chi connectivity index (χ2n) is 6.14. The zero-order valence-electron chi connectivity index (χ0n) is 13.8. The van der Waals surface area contributed by atoms with Gasteiger partial charge in [-0.3, -0.25) is 0 Å². The molecule has 2 heterocycles. The molecule has 5 heteroatoms. The van der Waals surface area contributed by atoms with Gasteiger partial charge in [0.1, 0.15) is 10.8 Å². The monoisotopic (exact) mass is 332 g/mol. The summed E-state index contributed by atoms with van der Waals surface area (Å²) < 4.78 is 11.5. The predicted octanol–water partition coefficient (Wildman–Crippen LogP) is 3.47. The maximum absolute atomic E-state index is 6.08. The highest BCUT2D eigenvalue weighted by Gasteiger charge is 2.17. The third kappa shape index (κ3) is 4.77. The molecule has 0 radical (unpaired) electrons. The smallest absolute Gasteiger partial charge is 0.124 e. The van der Waals surface area contributed by atoms with E-state index in [1.807, 2.05) is 6.92 Å². The summed E-state index contributed by atoms with van der Waals surface area (Å²) in [7, 11) is 0. The van der Waals surface area contributed by atoms with E-state index in [4.69, 9.17) is 9.47 Å². The fourth-order valence-corrected chi connectivity index (χ4v) is 3.39. The van der Waals surface area contributed by atoms with Crippen LogP contribution in [0.5, 0.6) is 5.75 Å². The van der Waals surface area contributed by atoms with E-state index >= 15 is 0 Å². The van der Waals surface area contributed by atoms with Crippen molar-refractivity contribution in [2.45, 2.75) is 33.4 Å². The molecule has 3 rings (SSSR count). The minimum atomic E-state index is 0.523. The van der Waals surface area contributed by atoms with E-state index in [0.29, 0.717) is 5.92 Å². The number of aromatic nitrogens is 1. The number of hydrogen-bond acceptors (Lipinski definition) is 5. The zero-order valence-corrected chi connectivity index (χ0v) is 14.6. The molecule has 0 spiro atoms. The van der Waals surface area contributed by atoms with Crippen molar-refractivity contribution in [2.24, 2.45) is 5.92 Å². The number of benzene rings is 1. The highest BCUT2D eigenvalue weighted by Crippen LogP contribution is 2.23. The van der Waals surface area contributed by atoms with Crippen molar-refractivity contribution in [1.29, 1.82) is 0 Å². The fourth-order valence-electron chi connectivity index (χ4n) is 2.65. The Bertz CT molecular complexity index is 636. The minimum Gasteiger partial charge on any atom is -0.493 e. The Kier molecular flexibility index (Phi) is 5.65. The van der Waals surface area contributed by atoms with Gasteiger partial charge in [0.05, 0.1) is 13.2 Å². The molecule has 0 aliphatic carbocycles. The summed E-state index contributed by atoms with van der Waals surface area (Å²) >= 11 is 1.70. The van der Waals surface area contributed by atoms with Gasteiger partial charge in [0.25, 0.3) is 0 Å². The highest BCUT2D eigenvalue weighted by atomic mass is 32.1. The normalized spacial score (nSPS) is 17.6. The highest BCUT2D eigenvalue weighted by molar-refractivity contribution is 7.09. The minimum absolute atomic E-state index is 0.523. The summed E-state index contributed by atoms with van der Waals surface area (Å²) in [5.41, 5.74) is 3.51. The van der Waals surface area contributed by atoms with Crippen molar-refractivity contribution in [1.82, 2.24) is 10.3 Å². The van der Waals surface area contributed by atoms with Gasteiger partial charge in [-0.1, -0.05) is 12.1 Å². The summed E-state index contributed by atoms with van der Waals surface area (Å²) in [5.74, 6) is 1.51. The van der Waals surface area contributed by atoms with Gasteiger partial charge in [0.15, 0.2) is 0 Å². The van der Waals surface area contributed by atoms with Gasteiger partial charge in [-0.25, -0.2) is 4.98 Å². The van der Waals surface area contributed by atoms with Crippen molar-refractivity contribution in [3.63, 3.8) is 0 Å². The number of thiazole rings is 1. The van der Waals surface area contributed by atoms with E-state index in [1.54, 1.807) is 11.3 Å². The van der Waals surface area contributed by atoms with Crippen molar-refractivity contribution in [3.8, 4) is 5.75 Å². The third-order valence-electron chi connectivity index (χ3n) is 3.98. The molecule has 1 saturated heterocycles. The maximum Gasteiger partial charge on any atom is 0.124 e. The Hall–Kier alpha value is -1.43. The summed E-state index contributed by atoms with van der Waals surface area (Å²) in [4.78, 5) is 4.48.